The Morgan fingerprint density at radius 1 is 1.53 bits per heavy atom. The number of aromatic nitrogens is 1. The number of oxime groups is 1. The molecule has 0 aliphatic rings. The number of anilines is 1. The lowest BCUT2D eigenvalue weighted by atomic mass is 9.79. The van der Waals surface area contributed by atoms with Crippen molar-refractivity contribution in [3.8, 4) is 0 Å². The van der Waals surface area contributed by atoms with Crippen LogP contribution in [0.1, 0.15) is 26.7 Å². The highest BCUT2D eigenvalue weighted by atomic mass is 16.4. The van der Waals surface area contributed by atoms with Crippen LogP contribution in [0.2, 0.25) is 0 Å². The lowest BCUT2D eigenvalue weighted by molar-refractivity contribution is -0.125. The van der Waals surface area contributed by atoms with Gasteiger partial charge in [0, 0.05) is 13.2 Å². The minimum atomic E-state index is -0.987. The van der Waals surface area contributed by atoms with Crippen molar-refractivity contribution in [3.63, 3.8) is 0 Å². The topological polar surface area (TPSA) is 91.8 Å². The molecule has 0 radical (unpaired) electrons. The van der Waals surface area contributed by atoms with Gasteiger partial charge in [-0.05, 0) is 25.0 Å². The van der Waals surface area contributed by atoms with E-state index in [2.05, 4.69) is 10.1 Å². The quantitative estimate of drug-likeness (QED) is 0.365. The van der Waals surface area contributed by atoms with Crippen LogP contribution >= 0.6 is 0 Å². The molecule has 0 aliphatic heterocycles. The number of rotatable bonds is 5. The first kappa shape index (κ1) is 14.9. The van der Waals surface area contributed by atoms with Gasteiger partial charge in [0.15, 0.2) is 5.84 Å². The first-order valence-corrected chi connectivity index (χ1v) is 6.19. The fraction of sp³-hybridized carbons (Fsp3) is 0.462. The Kier molecular flexibility index (Phi) is 4.86. The predicted octanol–water partition coefficient (Wildman–Crippen LogP) is 1.60. The van der Waals surface area contributed by atoms with Gasteiger partial charge >= 0.3 is 0 Å². The van der Waals surface area contributed by atoms with Crippen molar-refractivity contribution < 1.29 is 10.0 Å². The molecule has 0 fully saturated rings. The highest BCUT2D eigenvalue weighted by molar-refractivity contribution is 6.12. The number of amides is 1. The summed E-state index contributed by atoms with van der Waals surface area (Å²) in [5.41, 5.74) is 5.41. The predicted molar refractivity (Wildman–Crippen MR) is 74.1 cm³/mol. The molecule has 0 atom stereocenters. The Morgan fingerprint density at radius 3 is 2.58 bits per heavy atom. The molecule has 6 heteroatoms. The van der Waals surface area contributed by atoms with E-state index in [1.54, 1.807) is 31.6 Å². The molecule has 19 heavy (non-hydrogen) atoms. The van der Waals surface area contributed by atoms with E-state index in [1.165, 1.54) is 4.90 Å². The summed E-state index contributed by atoms with van der Waals surface area (Å²) in [6.07, 6.45) is 4.16. The standard InChI is InChI=1S/C13H20N4O2/c1-4-13(5-2,11(14)16-19)12(18)17(3)10-7-6-8-15-9-10/h6-9,19H,4-5H2,1-3H3,(H2,14,16). The highest BCUT2D eigenvalue weighted by Crippen LogP contribution is 2.30. The smallest absolute Gasteiger partial charge is 0.240 e. The number of carbonyl (C=O) groups excluding carboxylic acids is 1. The maximum atomic E-state index is 12.7. The third-order valence-corrected chi connectivity index (χ3v) is 3.55. The molecule has 1 amide bonds. The van der Waals surface area contributed by atoms with E-state index in [0.29, 0.717) is 18.5 Å². The van der Waals surface area contributed by atoms with Crippen LogP contribution in [0.25, 0.3) is 0 Å². The molecular weight excluding hydrogens is 244 g/mol. The van der Waals surface area contributed by atoms with Gasteiger partial charge in [-0.3, -0.25) is 9.78 Å². The second-order valence-electron chi connectivity index (χ2n) is 4.35. The van der Waals surface area contributed by atoms with E-state index < -0.39 is 5.41 Å². The number of nitrogens with two attached hydrogens (primary N) is 1. The fourth-order valence-electron chi connectivity index (χ4n) is 2.11. The van der Waals surface area contributed by atoms with Crippen LogP contribution in [0.4, 0.5) is 5.69 Å². The molecule has 0 unspecified atom stereocenters. The van der Waals surface area contributed by atoms with Crippen LogP contribution in [0, 0.1) is 5.41 Å². The average Bonchev–Trinajstić information content (AvgIpc) is 2.48. The molecule has 1 heterocycles. The normalized spacial score (nSPS) is 12.3. The number of nitrogens with zero attached hydrogens (tertiary/aromatic N) is 3. The maximum absolute atomic E-state index is 12.7. The lowest BCUT2D eigenvalue weighted by Crippen LogP contribution is -2.50. The molecule has 1 rings (SSSR count). The van der Waals surface area contributed by atoms with Gasteiger partial charge in [-0.1, -0.05) is 19.0 Å². The van der Waals surface area contributed by atoms with Gasteiger partial charge in [0.25, 0.3) is 0 Å². The first-order chi connectivity index (χ1) is 9.03. The molecule has 6 nitrogen and oxygen atoms in total. The van der Waals surface area contributed by atoms with Crippen LogP contribution in [0.3, 0.4) is 0 Å². The molecule has 3 N–H and O–H groups in total. The average molecular weight is 264 g/mol. The Hall–Kier alpha value is -2.11. The van der Waals surface area contributed by atoms with Crippen molar-refractivity contribution in [2.24, 2.45) is 16.3 Å². The summed E-state index contributed by atoms with van der Waals surface area (Å²) in [6.45, 7) is 3.69. The summed E-state index contributed by atoms with van der Waals surface area (Å²) in [5.74, 6) is -0.265. The van der Waals surface area contributed by atoms with E-state index in [1.807, 2.05) is 13.8 Å². The third kappa shape index (κ3) is 2.67. The van der Waals surface area contributed by atoms with Gasteiger partial charge in [-0.2, -0.15) is 0 Å². The van der Waals surface area contributed by atoms with Crippen LogP contribution in [0.15, 0.2) is 29.7 Å². The molecule has 0 aromatic carbocycles. The molecule has 0 bridgehead atoms. The largest absolute Gasteiger partial charge is 0.409 e. The van der Waals surface area contributed by atoms with Gasteiger partial charge in [0.05, 0.1) is 11.9 Å². The molecule has 0 spiro atoms. The van der Waals surface area contributed by atoms with Gasteiger partial charge in [0.1, 0.15) is 5.41 Å². The summed E-state index contributed by atoms with van der Waals surface area (Å²) in [5, 5.41) is 11.9. The van der Waals surface area contributed by atoms with Crippen molar-refractivity contribution in [1.82, 2.24) is 4.98 Å². The highest BCUT2D eigenvalue weighted by Gasteiger charge is 2.42. The fourth-order valence-corrected chi connectivity index (χ4v) is 2.11. The van der Waals surface area contributed by atoms with Crippen LogP contribution < -0.4 is 10.6 Å². The van der Waals surface area contributed by atoms with Gasteiger partial charge in [0.2, 0.25) is 5.91 Å². The molecule has 1 aromatic rings. The molecule has 0 saturated heterocycles. The van der Waals surface area contributed by atoms with E-state index in [-0.39, 0.29) is 11.7 Å². The number of amidine groups is 1. The zero-order valence-electron chi connectivity index (χ0n) is 11.5. The molecule has 0 saturated carbocycles. The van der Waals surface area contributed by atoms with Gasteiger partial charge < -0.3 is 15.8 Å². The third-order valence-electron chi connectivity index (χ3n) is 3.55. The molecule has 0 aliphatic carbocycles. The monoisotopic (exact) mass is 264 g/mol. The second kappa shape index (κ2) is 6.17. The van der Waals surface area contributed by atoms with Crippen molar-refractivity contribution in [2.75, 3.05) is 11.9 Å². The van der Waals surface area contributed by atoms with E-state index in [0.717, 1.165) is 0 Å². The summed E-state index contributed by atoms with van der Waals surface area (Å²) >= 11 is 0. The van der Waals surface area contributed by atoms with E-state index in [4.69, 9.17) is 10.9 Å². The van der Waals surface area contributed by atoms with Crippen LogP contribution in [-0.2, 0) is 4.79 Å². The summed E-state index contributed by atoms with van der Waals surface area (Å²) in [4.78, 5) is 18.1. The first-order valence-electron chi connectivity index (χ1n) is 6.19. The minimum Gasteiger partial charge on any atom is -0.409 e. The van der Waals surface area contributed by atoms with Crippen molar-refractivity contribution in [2.45, 2.75) is 26.7 Å². The summed E-state index contributed by atoms with van der Waals surface area (Å²) in [6, 6.07) is 3.54. The summed E-state index contributed by atoms with van der Waals surface area (Å²) in [7, 11) is 1.66. The Labute approximate surface area is 112 Å². The Bertz CT molecular complexity index is 455. The van der Waals surface area contributed by atoms with Crippen LogP contribution in [-0.4, -0.2) is 29.0 Å². The molecular formula is C13H20N4O2. The van der Waals surface area contributed by atoms with Gasteiger partial charge in [-0.25, -0.2) is 0 Å². The Morgan fingerprint density at radius 2 is 2.16 bits per heavy atom. The molecule has 1 aromatic heterocycles. The number of hydrogen-bond donors (Lipinski definition) is 2. The van der Waals surface area contributed by atoms with E-state index in [9.17, 15) is 4.79 Å². The van der Waals surface area contributed by atoms with Crippen molar-refractivity contribution in [3.05, 3.63) is 24.5 Å². The summed E-state index contributed by atoms with van der Waals surface area (Å²) < 4.78 is 0. The lowest BCUT2D eigenvalue weighted by Gasteiger charge is -2.32. The van der Waals surface area contributed by atoms with E-state index >= 15 is 0 Å². The zero-order chi connectivity index (χ0) is 14.5. The molecule has 104 valence electrons. The number of hydrogen-bond acceptors (Lipinski definition) is 4. The van der Waals surface area contributed by atoms with Crippen molar-refractivity contribution >= 4 is 17.4 Å². The second-order valence-corrected chi connectivity index (χ2v) is 4.35. The SMILES string of the molecule is CCC(CC)(C(=O)N(C)c1cccnc1)C(N)=NO. The number of pyridine rings is 1. The van der Waals surface area contributed by atoms with Crippen LogP contribution in [0.5, 0.6) is 0 Å². The minimum absolute atomic E-state index is 0.0572. The zero-order valence-corrected chi connectivity index (χ0v) is 11.5. The van der Waals surface area contributed by atoms with Crippen molar-refractivity contribution in [1.29, 1.82) is 0 Å². The van der Waals surface area contributed by atoms with Gasteiger partial charge in [-0.15, -0.1) is 0 Å². The Balaban J connectivity index is 3.15. The maximum Gasteiger partial charge on any atom is 0.240 e. The number of carbonyl (C=O) groups is 1.